The van der Waals surface area contributed by atoms with Crippen LogP contribution in [0.15, 0.2) is 72.3 Å². The predicted octanol–water partition coefficient (Wildman–Crippen LogP) is 8.48. The molecule has 0 saturated heterocycles. The fourth-order valence-electron chi connectivity index (χ4n) is 1.77. The Hall–Kier alpha value is -0.200. The quantitative estimate of drug-likeness (QED) is 0.442. The van der Waals surface area contributed by atoms with Crippen LogP contribution in [0.25, 0.3) is 10.1 Å². The molecule has 6 heteroatoms. The molecule has 0 radical (unpaired) electrons. The van der Waals surface area contributed by atoms with Crippen LogP contribution in [-0.2, 0) is 0 Å². The summed E-state index contributed by atoms with van der Waals surface area (Å²) >= 11 is 31.8. The van der Waals surface area contributed by atoms with Crippen molar-refractivity contribution in [1.29, 1.82) is 0 Å². The molecule has 0 aromatic heterocycles. The van der Waals surface area contributed by atoms with Crippen molar-refractivity contribution >= 4 is 71.7 Å². The first-order chi connectivity index (χ1) is 10.2. The second-order valence-corrected chi connectivity index (χ2v) is 15.9. The van der Waals surface area contributed by atoms with Crippen LogP contribution in [0.3, 0.4) is 0 Å². The summed E-state index contributed by atoms with van der Waals surface area (Å²) in [6, 6.07) is 18.6. The van der Waals surface area contributed by atoms with Crippen molar-refractivity contribution in [3.63, 3.8) is 0 Å². The summed E-state index contributed by atoms with van der Waals surface area (Å²) in [7, 11) is 0. The zero-order valence-corrected chi connectivity index (χ0v) is 15.9. The van der Waals surface area contributed by atoms with E-state index in [0.29, 0.717) is 10.1 Å². The molecule has 0 nitrogen and oxygen atoms in total. The third-order valence-corrected chi connectivity index (χ3v) is 6.88. The molecule has 2 aromatic carbocycles. The average molecular weight is 413 g/mol. The topological polar surface area (TPSA) is 0 Å². The number of hydrogen-bond acceptors (Lipinski definition) is 0. The third-order valence-electron chi connectivity index (χ3n) is 2.77. The molecule has 0 bridgehead atoms. The molecular weight excluding hydrogens is 400 g/mol. The maximum atomic E-state index is 6.42. The minimum absolute atomic E-state index is 0.382. The van der Waals surface area contributed by atoms with Gasteiger partial charge in [0, 0.05) is 0 Å². The average Bonchev–Trinajstić information content (AvgIpc) is 2.47. The van der Waals surface area contributed by atoms with Crippen molar-refractivity contribution in [2.24, 2.45) is 0 Å². The van der Waals surface area contributed by atoms with Crippen molar-refractivity contribution < 1.29 is 0 Å². The number of halogens is 5. The van der Waals surface area contributed by atoms with Gasteiger partial charge in [-0.25, -0.2) is 0 Å². The SMILES string of the molecule is ClC(=CP(Cl)(Cl)(Cl)C=C(Cl)c1ccccc1)c1ccccc1. The molecule has 0 N–H and O–H groups in total. The summed E-state index contributed by atoms with van der Waals surface area (Å²) in [5, 5.41) is 0.763. The van der Waals surface area contributed by atoms with E-state index in [0.717, 1.165) is 11.1 Å². The number of hydrogen-bond donors (Lipinski definition) is 0. The third kappa shape index (κ3) is 5.46. The Morgan fingerprint density at radius 3 is 1.27 bits per heavy atom. The van der Waals surface area contributed by atoms with E-state index >= 15 is 0 Å². The van der Waals surface area contributed by atoms with Crippen molar-refractivity contribution in [2.45, 2.75) is 0 Å². The summed E-state index contributed by atoms with van der Waals surface area (Å²) < 4.78 is -3.84. The fourth-order valence-corrected chi connectivity index (χ4v) is 7.04. The normalized spacial score (nSPS) is 15.2. The van der Waals surface area contributed by atoms with E-state index in [-0.39, 0.29) is 0 Å². The van der Waals surface area contributed by atoms with Crippen LogP contribution in [0, 0.1) is 0 Å². The van der Waals surface area contributed by atoms with Crippen molar-refractivity contribution in [3.8, 4) is 0 Å². The Morgan fingerprint density at radius 2 is 0.955 bits per heavy atom. The van der Waals surface area contributed by atoms with Gasteiger partial charge in [0.25, 0.3) is 0 Å². The predicted molar refractivity (Wildman–Crippen MR) is 105 cm³/mol. The first-order valence-corrected chi connectivity index (χ1v) is 12.1. The van der Waals surface area contributed by atoms with E-state index in [4.69, 9.17) is 56.9 Å². The zero-order valence-electron chi connectivity index (χ0n) is 11.3. The van der Waals surface area contributed by atoms with Crippen molar-refractivity contribution in [1.82, 2.24) is 0 Å². The Balaban J connectivity index is 2.38. The molecule has 0 aliphatic heterocycles. The molecule has 0 atom stereocenters. The maximum absolute atomic E-state index is 6.42. The van der Waals surface area contributed by atoms with Gasteiger partial charge in [0.1, 0.15) is 0 Å². The van der Waals surface area contributed by atoms with Crippen LogP contribution in [-0.4, -0.2) is 0 Å². The number of rotatable bonds is 4. The Kier molecular flexibility index (Phi) is 5.89. The molecule has 0 saturated carbocycles. The molecule has 0 aliphatic carbocycles. The van der Waals surface area contributed by atoms with Crippen LogP contribution >= 0.6 is 61.6 Å². The van der Waals surface area contributed by atoms with Crippen LogP contribution in [0.4, 0.5) is 0 Å². The molecule has 0 fully saturated rings. The van der Waals surface area contributed by atoms with Crippen molar-refractivity contribution in [2.75, 3.05) is 0 Å². The van der Waals surface area contributed by atoms with E-state index in [1.165, 1.54) is 11.6 Å². The number of benzene rings is 2. The molecule has 0 amide bonds. The molecule has 0 heterocycles. The molecule has 22 heavy (non-hydrogen) atoms. The molecule has 0 unspecified atom stereocenters. The van der Waals surface area contributed by atoms with Crippen LogP contribution in [0.2, 0.25) is 0 Å². The van der Waals surface area contributed by atoms with Gasteiger partial charge in [0.05, 0.1) is 0 Å². The van der Waals surface area contributed by atoms with Gasteiger partial charge in [-0.2, -0.15) is 0 Å². The summed E-state index contributed by atoms with van der Waals surface area (Å²) in [6.07, 6.45) is 0. The van der Waals surface area contributed by atoms with E-state index in [1.54, 1.807) is 0 Å². The van der Waals surface area contributed by atoms with Crippen molar-refractivity contribution in [3.05, 3.63) is 83.4 Å². The molecule has 0 spiro atoms. The summed E-state index contributed by atoms with van der Waals surface area (Å²) in [6.45, 7) is 0. The minimum atomic E-state index is -3.84. The Morgan fingerprint density at radius 1 is 0.636 bits per heavy atom. The monoisotopic (exact) mass is 410 g/mol. The van der Waals surface area contributed by atoms with Crippen LogP contribution < -0.4 is 0 Å². The van der Waals surface area contributed by atoms with Crippen LogP contribution in [0.1, 0.15) is 11.1 Å². The van der Waals surface area contributed by atoms with Gasteiger partial charge >= 0.3 is 155 Å². The fraction of sp³-hybridized carbons (Fsp3) is 0. The first-order valence-electron chi connectivity index (χ1n) is 6.30. The first kappa shape index (κ1) is 18.1. The van der Waals surface area contributed by atoms with Gasteiger partial charge in [-0.15, -0.1) is 0 Å². The standard InChI is InChI=1S/C16H12Cl5P/c17-15(13-7-3-1-4-8-13)11-22(19,20,21)12-16(18)14-9-5-2-6-10-14/h1-12H. The molecule has 0 aliphatic rings. The second-order valence-electron chi connectivity index (χ2n) is 4.61. The molecule has 2 rings (SSSR count). The summed E-state index contributed by atoms with van der Waals surface area (Å²) in [5.41, 5.74) is 1.56. The molecule has 2 aromatic rings. The Labute approximate surface area is 154 Å². The van der Waals surface area contributed by atoms with Gasteiger partial charge < -0.3 is 0 Å². The van der Waals surface area contributed by atoms with Gasteiger partial charge in [-0.05, 0) is 0 Å². The van der Waals surface area contributed by atoms with Gasteiger partial charge in [-0.1, -0.05) is 0 Å². The second kappa shape index (κ2) is 7.14. The van der Waals surface area contributed by atoms with Gasteiger partial charge in [0.15, 0.2) is 0 Å². The van der Waals surface area contributed by atoms with Gasteiger partial charge in [-0.3, -0.25) is 0 Å². The Bertz CT molecular complexity index is 640. The van der Waals surface area contributed by atoms with E-state index in [9.17, 15) is 0 Å². The molecular formula is C16H12Cl5P. The van der Waals surface area contributed by atoms with Crippen LogP contribution in [0.5, 0.6) is 0 Å². The van der Waals surface area contributed by atoms with Gasteiger partial charge in [0.2, 0.25) is 0 Å². The van der Waals surface area contributed by atoms with E-state index < -0.39 is 4.66 Å². The van der Waals surface area contributed by atoms with E-state index in [1.807, 2.05) is 60.7 Å². The summed E-state index contributed by atoms with van der Waals surface area (Å²) in [4.78, 5) is 0. The zero-order chi connectivity index (χ0) is 16.2. The summed E-state index contributed by atoms with van der Waals surface area (Å²) in [5.74, 6) is 2.94. The van der Waals surface area contributed by atoms with E-state index in [2.05, 4.69) is 0 Å². The molecule has 116 valence electrons.